The van der Waals surface area contributed by atoms with Gasteiger partial charge in [-0.3, -0.25) is 0 Å². The molecular formula is C7H7LaNO2Ta-2. The minimum atomic E-state index is -0.414. The topological polar surface area (TPSA) is 51.4 Å². The average Bonchev–Trinajstić information content (AvgIpc) is 1.93. The molecule has 1 aromatic heterocycles. The fraction of sp³-hybridized carbons (Fsp3) is 0.286. The van der Waals surface area contributed by atoms with Gasteiger partial charge in [0, 0.05) is 63.7 Å². The van der Waals surface area contributed by atoms with Gasteiger partial charge in [0.2, 0.25) is 0 Å². The fourth-order valence-corrected chi connectivity index (χ4v) is 0.654. The molecule has 0 saturated heterocycles. The van der Waals surface area contributed by atoms with Crippen molar-refractivity contribution in [2.45, 2.75) is 13.8 Å². The quantitative estimate of drug-likeness (QED) is 0.564. The van der Waals surface area contributed by atoms with Crippen molar-refractivity contribution in [2.75, 3.05) is 0 Å². The van der Waals surface area contributed by atoms with E-state index in [2.05, 4.69) is 11.2 Å². The smallest absolute Gasteiger partial charge is 0.00872 e. The van der Waals surface area contributed by atoms with E-state index in [1.54, 1.807) is 6.92 Å². The largest absolute Gasteiger partial charge is 0.750 e. The second-order valence-corrected chi connectivity index (χ2v) is 2.13. The fourth-order valence-electron chi connectivity index (χ4n) is 0.654. The van der Waals surface area contributed by atoms with E-state index in [0.29, 0.717) is 5.56 Å². The van der Waals surface area contributed by atoms with Crippen molar-refractivity contribution in [1.82, 2.24) is 4.98 Å². The summed E-state index contributed by atoms with van der Waals surface area (Å²) in [5.41, 5.74) is 0.386. The molecular weight excluding hydrogens is 450 g/mol. The summed E-state index contributed by atoms with van der Waals surface area (Å²) >= 11 is 0. The van der Waals surface area contributed by atoms with Crippen LogP contribution in [0, 0.1) is 55.6 Å². The molecule has 12 heavy (non-hydrogen) atoms. The maximum absolute atomic E-state index is 10.7. The summed E-state index contributed by atoms with van der Waals surface area (Å²) in [5, 5.41) is 9.12. The van der Waals surface area contributed by atoms with Crippen LogP contribution < -0.4 is 10.5 Å². The van der Waals surface area contributed by atoms with Crippen molar-refractivity contribution in [2.24, 2.45) is 0 Å². The summed E-state index contributed by atoms with van der Waals surface area (Å²) in [5.74, 6) is 0.000000000000000222. The zero-order valence-corrected chi connectivity index (χ0v) is 13.7. The SMILES string of the molecule is Cc1[c-][n-]c(=O)c(C)c1O.[La].[Ta]. The van der Waals surface area contributed by atoms with Crippen LogP contribution in [-0.2, 0) is 22.4 Å². The predicted molar refractivity (Wildman–Crippen MR) is 36.0 cm³/mol. The zero-order valence-electron chi connectivity index (χ0n) is 6.83. The number of hydrogen-bond acceptors (Lipinski definition) is 2. The molecule has 5 heteroatoms. The molecule has 0 aliphatic rings. The van der Waals surface area contributed by atoms with Gasteiger partial charge in [0.05, 0.1) is 0 Å². The van der Waals surface area contributed by atoms with Gasteiger partial charge in [-0.05, 0) is 5.56 Å². The molecule has 0 atom stereocenters. The summed E-state index contributed by atoms with van der Waals surface area (Å²) in [4.78, 5) is 14.1. The third-order valence-electron chi connectivity index (χ3n) is 1.36. The molecule has 0 saturated carbocycles. The number of aromatic hydroxyl groups is 1. The third kappa shape index (κ3) is 3.20. The Labute approximate surface area is 114 Å². The number of hydrogen-bond donors (Lipinski definition) is 1. The number of nitrogens with zero attached hydrogens (tertiary/aromatic N) is 1. The molecule has 0 amide bonds. The maximum Gasteiger partial charge on any atom is 0.00872 e. The van der Waals surface area contributed by atoms with Crippen LogP contribution in [-0.4, -0.2) is 5.11 Å². The van der Waals surface area contributed by atoms with Gasteiger partial charge in [0.15, 0.2) is 0 Å². The van der Waals surface area contributed by atoms with E-state index in [1.807, 2.05) is 0 Å². The van der Waals surface area contributed by atoms with Crippen LogP contribution >= 0.6 is 0 Å². The summed E-state index contributed by atoms with van der Waals surface area (Å²) in [6.07, 6.45) is 2.40. The Hall–Kier alpha value is 0.685. The van der Waals surface area contributed by atoms with Crippen LogP contribution in [0.2, 0.25) is 0 Å². The van der Waals surface area contributed by atoms with E-state index in [4.69, 9.17) is 5.11 Å². The average molecular weight is 457 g/mol. The Morgan fingerprint density at radius 3 is 2.33 bits per heavy atom. The summed E-state index contributed by atoms with van der Waals surface area (Å²) in [6.45, 7) is 3.18. The zero-order chi connectivity index (χ0) is 7.72. The number of aryl methyl sites for hydroxylation is 1. The number of pyridine rings is 1. The van der Waals surface area contributed by atoms with Crippen molar-refractivity contribution in [3.05, 3.63) is 27.7 Å². The van der Waals surface area contributed by atoms with E-state index in [9.17, 15) is 4.79 Å². The van der Waals surface area contributed by atoms with E-state index >= 15 is 0 Å². The first-order chi connectivity index (χ1) is 4.63. The molecule has 1 aromatic rings. The second-order valence-electron chi connectivity index (χ2n) is 2.13. The van der Waals surface area contributed by atoms with Crippen molar-refractivity contribution in [1.29, 1.82) is 0 Å². The minimum absolute atomic E-state index is 0. The van der Waals surface area contributed by atoms with Gasteiger partial charge in [-0.1, -0.05) is 19.4 Å². The van der Waals surface area contributed by atoms with Crippen molar-refractivity contribution < 1.29 is 63.1 Å². The first kappa shape index (κ1) is 15.2. The Bertz CT molecular complexity index is 311. The Morgan fingerprint density at radius 2 is 1.92 bits per heavy atom. The van der Waals surface area contributed by atoms with E-state index < -0.39 is 5.56 Å². The monoisotopic (exact) mass is 457 g/mol. The molecule has 3 nitrogen and oxygen atoms in total. The molecule has 2 radical (unpaired) electrons. The van der Waals surface area contributed by atoms with E-state index in [-0.39, 0.29) is 69.3 Å². The Kier molecular flexibility index (Phi) is 7.82. The molecule has 0 fully saturated rings. The minimum Gasteiger partial charge on any atom is -0.750 e. The van der Waals surface area contributed by atoms with Gasteiger partial charge < -0.3 is 21.1 Å². The van der Waals surface area contributed by atoms with Gasteiger partial charge in [0.1, 0.15) is 0 Å². The van der Waals surface area contributed by atoms with Gasteiger partial charge in [0.25, 0.3) is 0 Å². The van der Waals surface area contributed by atoms with Gasteiger partial charge in [-0.15, -0.1) is 5.56 Å². The number of aromatic nitrogens is 1. The number of rotatable bonds is 0. The summed E-state index contributed by atoms with van der Waals surface area (Å²) in [6, 6.07) is 0. The molecule has 1 N–H and O–H groups in total. The standard InChI is InChI=1S/C7H7NO2.La.Ta/c1-4-3-8-7(10)5(2)6(4)9;;/h1-2H3,(H-,8,9,10);;/q-2;;. The van der Waals surface area contributed by atoms with E-state index in [0.717, 1.165) is 0 Å². The van der Waals surface area contributed by atoms with Crippen LogP contribution in [0.4, 0.5) is 0 Å². The molecule has 0 aromatic carbocycles. The first-order valence-electron chi connectivity index (χ1n) is 2.87. The summed E-state index contributed by atoms with van der Waals surface area (Å²) < 4.78 is 0. The molecule has 1 heterocycles. The van der Waals surface area contributed by atoms with Crippen LogP contribution in [0.1, 0.15) is 11.1 Å². The first-order valence-corrected chi connectivity index (χ1v) is 2.87. The Morgan fingerprint density at radius 1 is 1.42 bits per heavy atom. The predicted octanol–water partition coefficient (Wildman–Crippen LogP) is 0.124. The Balaban J connectivity index is 0. The van der Waals surface area contributed by atoms with Crippen LogP contribution in [0.5, 0.6) is 5.75 Å². The van der Waals surface area contributed by atoms with E-state index in [1.165, 1.54) is 6.92 Å². The van der Waals surface area contributed by atoms with Crippen LogP contribution in [0.15, 0.2) is 4.79 Å². The molecule has 1 rings (SSSR count). The van der Waals surface area contributed by atoms with Gasteiger partial charge >= 0.3 is 0 Å². The van der Waals surface area contributed by atoms with Crippen molar-refractivity contribution in [3.8, 4) is 5.75 Å². The second kappa shape index (κ2) is 6.19. The molecule has 0 spiro atoms. The van der Waals surface area contributed by atoms with Crippen LogP contribution in [0.25, 0.3) is 0 Å². The summed E-state index contributed by atoms with van der Waals surface area (Å²) in [7, 11) is 0. The molecule has 0 bridgehead atoms. The molecule has 0 unspecified atom stereocenters. The maximum atomic E-state index is 10.7. The third-order valence-corrected chi connectivity index (χ3v) is 1.36. The van der Waals surface area contributed by atoms with Crippen LogP contribution in [0.3, 0.4) is 0 Å². The molecule has 62 valence electrons. The molecule has 0 aliphatic carbocycles. The van der Waals surface area contributed by atoms with Gasteiger partial charge in [-0.25, -0.2) is 0 Å². The normalized spacial score (nSPS) is 8.17. The van der Waals surface area contributed by atoms with Gasteiger partial charge in [-0.2, -0.15) is 0 Å². The van der Waals surface area contributed by atoms with Crippen molar-refractivity contribution >= 4 is 0 Å². The molecule has 0 aliphatic heterocycles. The van der Waals surface area contributed by atoms with Crippen molar-refractivity contribution in [3.63, 3.8) is 0 Å².